The second-order valence-electron chi connectivity index (χ2n) is 7.21. The van der Waals surface area contributed by atoms with Gasteiger partial charge in [-0.1, -0.05) is 6.07 Å². The third-order valence-electron chi connectivity index (χ3n) is 4.69. The highest BCUT2D eigenvalue weighted by atomic mass is 32.2. The second kappa shape index (κ2) is 9.43. The Bertz CT molecular complexity index is 1450. The molecule has 180 valence electrons. The van der Waals surface area contributed by atoms with E-state index in [-0.39, 0.29) is 45.4 Å². The van der Waals surface area contributed by atoms with Crippen LogP contribution >= 0.6 is 11.9 Å². The van der Waals surface area contributed by atoms with Crippen molar-refractivity contribution in [1.82, 2.24) is 4.90 Å². The lowest BCUT2D eigenvalue weighted by Crippen LogP contribution is -2.45. The Morgan fingerprint density at radius 1 is 1.20 bits per heavy atom. The number of hydrogen-bond acceptors (Lipinski definition) is 9. The summed E-state index contributed by atoms with van der Waals surface area (Å²) in [5.41, 5.74) is 0.388. The Labute approximate surface area is 203 Å². The van der Waals surface area contributed by atoms with Crippen molar-refractivity contribution in [1.29, 1.82) is 5.41 Å². The Hall–Kier alpha value is -3.84. The summed E-state index contributed by atoms with van der Waals surface area (Å²) in [6.45, 7) is 1.97. The van der Waals surface area contributed by atoms with Gasteiger partial charge in [-0.25, -0.2) is 22.5 Å². The number of aliphatic imine (C=N–C) groups is 1. The molecule has 0 fully saturated rings. The number of carbonyl (C=O) groups excluding carboxylic acids is 2. The molecule has 13 heteroatoms. The van der Waals surface area contributed by atoms with E-state index in [0.29, 0.717) is 17.5 Å². The SMILES string of the molecule is CCOc1cc(C=C2C(=N)N3C(=NC2=O)SN=C3S(C)(=O)=O)ccc1OC(=O)c1ccc(F)cc1. The zero-order valence-corrected chi connectivity index (χ0v) is 19.9. The van der Waals surface area contributed by atoms with Crippen LogP contribution in [0.3, 0.4) is 0 Å². The fourth-order valence-electron chi connectivity index (χ4n) is 3.12. The molecule has 0 saturated carbocycles. The average molecular weight is 517 g/mol. The zero-order valence-electron chi connectivity index (χ0n) is 18.3. The number of rotatable bonds is 5. The largest absolute Gasteiger partial charge is 0.490 e. The molecule has 2 aromatic carbocycles. The molecule has 1 amide bonds. The quantitative estimate of drug-likeness (QED) is 0.277. The minimum absolute atomic E-state index is 0.0179. The third kappa shape index (κ3) is 5.00. The number of carbonyl (C=O) groups is 2. The van der Waals surface area contributed by atoms with E-state index in [1.807, 2.05) is 0 Å². The van der Waals surface area contributed by atoms with Crippen molar-refractivity contribution in [3.05, 3.63) is 65.0 Å². The molecule has 2 heterocycles. The van der Waals surface area contributed by atoms with Gasteiger partial charge in [-0.2, -0.15) is 9.39 Å². The molecular weight excluding hydrogens is 499 g/mol. The van der Waals surface area contributed by atoms with Crippen LogP contribution in [0.25, 0.3) is 6.08 Å². The molecular formula is C22H17FN4O6S2. The molecule has 10 nitrogen and oxygen atoms in total. The lowest BCUT2D eigenvalue weighted by atomic mass is 10.1. The van der Waals surface area contributed by atoms with Crippen molar-refractivity contribution in [3.63, 3.8) is 0 Å². The number of amidine groups is 3. The predicted octanol–water partition coefficient (Wildman–Crippen LogP) is 3.06. The second-order valence-corrected chi connectivity index (χ2v) is 9.85. The summed E-state index contributed by atoms with van der Waals surface area (Å²) in [6, 6.07) is 9.31. The summed E-state index contributed by atoms with van der Waals surface area (Å²) < 4.78 is 51.9. The number of sulfone groups is 1. The van der Waals surface area contributed by atoms with Crippen LogP contribution < -0.4 is 9.47 Å². The summed E-state index contributed by atoms with van der Waals surface area (Å²) in [5.74, 6) is -2.05. The first-order valence-electron chi connectivity index (χ1n) is 10.0. The monoisotopic (exact) mass is 516 g/mol. The molecule has 0 bridgehead atoms. The van der Waals surface area contributed by atoms with E-state index in [1.54, 1.807) is 6.92 Å². The zero-order chi connectivity index (χ0) is 25.3. The van der Waals surface area contributed by atoms with Crippen molar-refractivity contribution in [2.75, 3.05) is 12.9 Å². The van der Waals surface area contributed by atoms with Crippen molar-refractivity contribution in [3.8, 4) is 11.5 Å². The normalized spacial score (nSPS) is 16.7. The molecule has 2 aromatic rings. The molecule has 0 aliphatic carbocycles. The van der Waals surface area contributed by atoms with Gasteiger partial charge in [-0.15, -0.1) is 0 Å². The number of halogens is 1. The van der Waals surface area contributed by atoms with Gasteiger partial charge in [0.2, 0.25) is 20.2 Å². The minimum atomic E-state index is -3.77. The lowest BCUT2D eigenvalue weighted by molar-refractivity contribution is -0.114. The summed E-state index contributed by atoms with van der Waals surface area (Å²) in [4.78, 5) is 29.8. The number of esters is 1. The van der Waals surface area contributed by atoms with E-state index in [9.17, 15) is 22.4 Å². The predicted molar refractivity (Wildman–Crippen MR) is 129 cm³/mol. The Morgan fingerprint density at radius 2 is 1.91 bits per heavy atom. The average Bonchev–Trinajstić information content (AvgIpc) is 3.23. The van der Waals surface area contributed by atoms with Crippen molar-refractivity contribution >= 4 is 55.9 Å². The van der Waals surface area contributed by atoms with E-state index in [1.165, 1.54) is 36.4 Å². The van der Waals surface area contributed by atoms with Crippen LogP contribution in [0.5, 0.6) is 11.5 Å². The number of ether oxygens (including phenoxy) is 2. The molecule has 0 aromatic heterocycles. The highest BCUT2D eigenvalue weighted by Gasteiger charge is 2.41. The van der Waals surface area contributed by atoms with E-state index in [4.69, 9.17) is 14.9 Å². The van der Waals surface area contributed by atoms with Gasteiger partial charge in [-0.05, 0) is 55.0 Å². The Kier molecular flexibility index (Phi) is 6.54. The van der Waals surface area contributed by atoms with Crippen molar-refractivity contribution in [2.45, 2.75) is 6.92 Å². The maximum atomic E-state index is 13.1. The molecule has 0 radical (unpaired) electrons. The van der Waals surface area contributed by atoms with Crippen LogP contribution in [0, 0.1) is 11.2 Å². The standard InChI is InChI=1S/C22H17FN4O6S2/c1-3-32-17-11-12(4-9-16(17)33-20(29)13-5-7-14(23)8-6-13)10-15-18(24)27-21(25-19(15)28)34-26-22(27)35(2,30)31/h4-11,24H,3H2,1-2H3. The Balaban J connectivity index is 1.64. The van der Waals surface area contributed by atoms with E-state index >= 15 is 0 Å². The van der Waals surface area contributed by atoms with Crippen LogP contribution in [0.15, 0.2) is 57.4 Å². The van der Waals surface area contributed by atoms with Gasteiger partial charge in [0, 0.05) is 6.26 Å². The topological polar surface area (TPSA) is 139 Å². The van der Waals surface area contributed by atoms with Crippen LogP contribution in [-0.2, 0) is 14.6 Å². The first-order valence-corrected chi connectivity index (χ1v) is 12.7. The van der Waals surface area contributed by atoms with E-state index < -0.39 is 27.5 Å². The first kappa shape index (κ1) is 24.3. The number of fused-ring (bicyclic) bond motifs is 1. The van der Waals surface area contributed by atoms with Gasteiger partial charge in [0.25, 0.3) is 5.91 Å². The summed E-state index contributed by atoms with van der Waals surface area (Å²) >= 11 is 0.699. The minimum Gasteiger partial charge on any atom is -0.490 e. The van der Waals surface area contributed by atoms with Crippen molar-refractivity contribution < 1.29 is 31.9 Å². The van der Waals surface area contributed by atoms with Gasteiger partial charge in [0.1, 0.15) is 11.7 Å². The molecule has 4 rings (SSSR count). The molecule has 0 unspecified atom stereocenters. The molecule has 0 atom stereocenters. The highest BCUT2D eigenvalue weighted by molar-refractivity contribution is 8.16. The summed E-state index contributed by atoms with van der Waals surface area (Å²) in [7, 11) is -3.77. The molecule has 0 spiro atoms. The van der Waals surface area contributed by atoms with E-state index in [0.717, 1.165) is 23.3 Å². The Morgan fingerprint density at radius 3 is 2.57 bits per heavy atom. The van der Waals surface area contributed by atoms with Gasteiger partial charge < -0.3 is 9.47 Å². The van der Waals surface area contributed by atoms with Crippen molar-refractivity contribution in [2.24, 2.45) is 9.39 Å². The molecule has 35 heavy (non-hydrogen) atoms. The van der Waals surface area contributed by atoms with Gasteiger partial charge in [-0.3, -0.25) is 10.2 Å². The van der Waals surface area contributed by atoms with Crippen LogP contribution in [0.1, 0.15) is 22.8 Å². The number of nitrogens with zero attached hydrogens (tertiary/aromatic N) is 3. The fourth-order valence-corrected chi connectivity index (χ4v) is 4.96. The third-order valence-corrected chi connectivity index (χ3v) is 6.44. The molecule has 2 aliphatic rings. The first-order chi connectivity index (χ1) is 16.6. The van der Waals surface area contributed by atoms with Gasteiger partial charge in [0.15, 0.2) is 11.5 Å². The number of hydrogen-bond donors (Lipinski definition) is 1. The maximum Gasteiger partial charge on any atom is 0.343 e. The fraction of sp³-hybridized carbons (Fsp3) is 0.136. The number of amides is 1. The smallest absolute Gasteiger partial charge is 0.343 e. The number of benzene rings is 2. The number of nitrogens with one attached hydrogen (secondary N) is 1. The molecule has 0 saturated heterocycles. The van der Waals surface area contributed by atoms with Gasteiger partial charge in [0.05, 0.1) is 29.7 Å². The summed E-state index contributed by atoms with van der Waals surface area (Å²) in [5, 5.41) is 8.01. The maximum absolute atomic E-state index is 13.1. The van der Waals surface area contributed by atoms with Crippen LogP contribution in [-0.4, -0.2) is 54.2 Å². The van der Waals surface area contributed by atoms with Gasteiger partial charge >= 0.3 is 5.97 Å². The molecule has 2 aliphatic heterocycles. The van der Waals surface area contributed by atoms with Crippen LogP contribution in [0.2, 0.25) is 0 Å². The lowest BCUT2D eigenvalue weighted by Gasteiger charge is -2.23. The van der Waals surface area contributed by atoms with E-state index in [2.05, 4.69) is 9.39 Å². The molecule has 1 N–H and O–H groups in total. The van der Waals surface area contributed by atoms with Crippen LogP contribution in [0.4, 0.5) is 4.39 Å². The highest BCUT2D eigenvalue weighted by Crippen LogP contribution is 2.32. The summed E-state index contributed by atoms with van der Waals surface area (Å²) in [6.07, 6.45) is 2.30.